The fraction of sp³-hybridized carbons (Fsp3) is 0.600. The van der Waals surface area contributed by atoms with E-state index in [1.165, 1.54) is 5.56 Å². The van der Waals surface area contributed by atoms with Crippen molar-refractivity contribution in [3.8, 4) is 0 Å². The van der Waals surface area contributed by atoms with Gasteiger partial charge in [0, 0.05) is 25.5 Å². The van der Waals surface area contributed by atoms with Crippen LogP contribution in [0.1, 0.15) is 37.3 Å². The van der Waals surface area contributed by atoms with Gasteiger partial charge in [0.15, 0.2) is 0 Å². The minimum Gasteiger partial charge on any atom is -0.335 e. The summed E-state index contributed by atoms with van der Waals surface area (Å²) >= 11 is 0. The lowest BCUT2D eigenvalue weighted by atomic mass is 9.97. The zero-order valence-corrected chi connectivity index (χ0v) is 12.4. The number of hydrogen-bond acceptors (Lipinski definition) is 3. The summed E-state index contributed by atoms with van der Waals surface area (Å²) < 4.78 is 0. The first kappa shape index (κ1) is 15.3. The van der Waals surface area contributed by atoms with E-state index in [0.717, 1.165) is 45.3 Å². The van der Waals surface area contributed by atoms with E-state index in [2.05, 4.69) is 21.3 Å². The van der Waals surface area contributed by atoms with Crippen LogP contribution >= 0.6 is 12.4 Å². The minimum atomic E-state index is 0. The average molecular weight is 296 g/mol. The summed E-state index contributed by atoms with van der Waals surface area (Å²) in [6.45, 7) is 2.79. The Labute approximate surface area is 126 Å². The van der Waals surface area contributed by atoms with Crippen molar-refractivity contribution in [2.24, 2.45) is 5.92 Å². The summed E-state index contributed by atoms with van der Waals surface area (Å²) in [5, 5.41) is 3.33. The molecule has 0 aliphatic carbocycles. The van der Waals surface area contributed by atoms with Crippen molar-refractivity contribution >= 4 is 18.3 Å². The number of amides is 1. The van der Waals surface area contributed by atoms with Gasteiger partial charge in [-0.25, -0.2) is 0 Å². The van der Waals surface area contributed by atoms with Gasteiger partial charge >= 0.3 is 0 Å². The van der Waals surface area contributed by atoms with Crippen LogP contribution in [0.25, 0.3) is 0 Å². The second-order valence-corrected chi connectivity index (χ2v) is 5.52. The molecule has 0 spiro atoms. The number of pyridine rings is 1. The molecule has 0 radical (unpaired) electrons. The largest absolute Gasteiger partial charge is 0.335 e. The Balaban J connectivity index is 0.00000147. The number of nitrogens with one attached hydrogen (secondary N) is 1. The number of aromatic nitrogens is 1. The molecule has 1 aromatic rings. The molecule has 2 atom stereocenters. The Morgan fingerprint density at radius 1 is 1.35 bits per heavy atom. The van der Waals surface area contributed by atoms with Crippen molar-refractivity contribution < 1.29 is 4.79 Å². The highest BCUT2D eigenvalue weighted by molar-refractivity contribution is 5.85. The van der Waals surface area contributed by atoms with Gasteiger partial charge in [-0.15, -0.1) is 12.4 Å². The van der Waals surface area contributed by atoms with Crippen molar-refractivity contribution in [2.75, 3.05) is 19.6 Å². The molecule has 3 rings (SSSR count). The number of halogens is 1. The van der Waals surface area contributed by atoms with E-state index in [1.54, 1.807) is 6.20 Å². The van der Waals surface area contributed by atoms with Crippen LogP contribution in [0, 0.1) is 5.92 Å². The third-order valence-corrected chi connectivity index (χ3v) is 4.25. The zero-order valence-electron chi connectivity index (χ0n) is 11.6. The second kappa shape index (κ2) is 7.04. The summed E-state index contributed by atoms with van der Waals surface area (Å²) in [5.74, 6) is 0.504. The standard InChI is InChI=1S/C15H21N3O.ClH/c19-15(13-5-2-8-17-11-13)18-9-3-6-14(18)12-4-1-7-16-10-12;/h1,4,7,10,13-14,17H,2-3,5-6,8-9,11H2;1H. The lowest BCUT2D eigenvalue weighted by molar-refractivity contribution is -0.137. The molecule has 1 N–H and O–H groups in total. The fourth-order valence-corrected chi connectivity index (χ4v) is 3.25. The van der Waals surface area contributed by atoms with Gasteiger partial charge in [-0.2, -0.15) is 0 Å². The predicted molar refractivity (Wildman–Crippen MR) is 80.8 cm³/mol. The number of nitrogens with zero attached hydrogens (tertiary/aromatic N) is 2. The molecule has 1 amide bonds. The normalized spacial score (nSPS) is 26.1. The minimum absolute atomic E-state index is 0. The quantitative estimate of drug-likeness (QED) is 0.909. The first-order valence-corrected chi connectivity index (χ1v) is 7.27. The molecule has 2 saturated heterocycles. The maximum Gasteiger partial charge on any atom is 0.227 e. The zero-order chi connectivity index (χ0) is 13.1. The third-order valence-electron chi connectivity index (χ3n) is 4.25. The van der Waals surface area contributed by atoms with E-state index in [1.807, 2.05) is 12.3 Å². The Bertz CT molecular complexity index is 434. The number of piperidine rings is 1. The van der Waals surface area contributed by atoms with Crippen molar-refractivity contribution in [3.63, 3.8) is 0 Å². The van der Waals surface area contributed by atoms with Crippen LogP contribution in [0.2, 0.25) is 0 Å². The van der Waals surface area contributed by atoms with Crippen molar-refractivity contribution in [1.82, 2.24) is 15.2 Å². The van der Waals surface area contributed by atoms with E-state index < -0.39 is 0 Å². The van der Waals surface area contributed by atoms with Crippen molar-refractivity contribution in [3.05, 3.63) is 30.1 Å². The van der Waals surface area contributed by atoms with Gasteiger partial charge in [-0.1, -0.05) is 6.07 Å². The molecule has 2 aliphatic heterocycles. The van der Waals surface area contributed by atoms with E-state index in [0.29, 0.717) is 5.91 Å². The molecule has 4 nitrogen and oxygen atoms in total. The molecule has 110 valence electrons. The lowest BCUT2D eigenvalue weighted by Crippen LogP contribution is -2.42. The molecule has 3 heterocycles. The van der Waals surface area contributed by atoms with Gasteiger partial charge in [-0.3, -0.25) is 9.78 Å². The highest BCUT2D eigenvalue weighted by Crippen LogP contribution is 2.33. The molecule has 0 aromatic carbocycles. The molecule has 5 heteroatoms. The van der Waals surface area contributed by atoms with Crippen LogP contribution in [0.4, 0.5) is 0 Å². The van der Waals surface area contributed by atoms with Crippen LogP contribution < -0.4 is 5.32 Å². The molecule has 1 aromatic heterocycles. The number of carbonyl (C=O) groups is 1. The maximum atomic E-state index is 12.6. The Hall–Kier alpha value is -1.13. The van der Waals surface area contributed by atoms with E-state index in [9.17, 15) is 4.79 Å². The smallest absolute Gasteiger partial charge is 0.227 e. The van der Waals surface area contributed by atoms with Crippen molar-refractivity contribution in [2.45, 2.75) is 31.7 Å². The van der Waals surface area contributed by atoms with Crippen LogP contribution in [-0.2, 0) is 4.79 Å². The predicted octanol–water partition coefficient (Wildman–Crippen LogP) is 2.17. The first-order valence-electron chi connectivity index (χ1n) is 7.27. The highest BCUT2D eigenvalue weighted by Gasteiger charge is 2.34. The number of hydrogen-bond donors (Lipinski definition) is 1. The Morgan fingerprint density at radius 3 is 2.95 bits per heavy atom. The molecule has 0 saturated carbocycles. The molecule has 2 fully saturated rings. The summed E-state index contributed by atoms with van der Waals surface area (Å²) in [4.78, 5) is 18.9. The summed E-state index contributed by atoms with van der Waals surface area (Å²) in [5.41, 5.74) is 1.18. The SMILES string of the molecule is Cl.O=C(C1CCCNC1)N1CCCC1c1cccnc1. The van der Waals surface area contributed by atoms with Gasteiger partial charge in [0.2, 0.25) is 5.91 Å². The molecule has 2 aliphatic rings. The molecular formula is C15H22ClN3O. The first-order chi connectivity index (χ1) is 9.36. The molecule has 20 heavy (non-hydrogen) atoms. The maximum absolute atomic E-state index is 12.6. The molecule has 0 bridgehead atoms. The average Bonchev–Trinajstić information content (AvgIpc) is 2.98. The molecule has 2 unspecified atom stereocenters. The van der Waals surface area contributed by atoms with Gasteiger partial charge < -0.3 is 10.2 Å². The van der Waals surface area contributed by atoms with Gasteiger partial charge in [-0.05, 0) is 43.9 Å². The van der Waals surface area contributed by atoms with E-state index >= 15 is 0 Å². The monoisotopic (exact) mass is 295 g/mol. The van der Waals surface area contributed by atoms with Crippen LogP contribution in [0.15, 0.2) is 24.5 Å². The van der Waals surface area contributed by atoms with E-state index in [-0.39, 0.29) is 24.4 Å². The van der Waals surface area contributed by atoms with E-state index in [4.69, 9.17) is 0 Å². The Kier molecular flexibility index (Phi) is 5.38. The molecular weight excluding hydrogens is 274 g/mol. The van der Waals surface area contributed by atoms with Crippen LogP contribution in [0.5, 0.6) is 0 Å². The van der Waals surface area contributed by atoms with Crippen LogP contribution in [0.3, 0.4) is 0 Å². The number of carbonyl (C=O) groups excluding carboxylic acids is 1. The summed E-state index contributed by atoms with van der Waals surface area (Å²) in [7, 11) is 0. The summed E-state index contributed by atoms with van der Waals surface area (Å²) in [6.07, 6.45) is 8.00. The highest BCUT2D eigenvalue weighted by atomic mass is 35.5. The second-order valence-electron chi connectivity index (χ2n) is 5.52. The Morgan fingerprint density at radius 2 is 2.25 bits per heavy atom. The van der Waals surface area contributed by atoms with Crippen molar-refractivity contribution in [1.29, 1.82) is 0 Å². The van der Waals surface area contributed by atoms with Gasteiger partial charge in [0.1, 0.15) is 0 Å². The fourth-order valence-electron chi connectivity index (χ4n) is 3.25. The van der Waals surface area contributed by atoms with Gasteiger partial charge in [0.05, 0.1) is 12.0 Å². The number of likely N-dealkylation sites (tertiary alicyclic amines) is 1. The van der Waals surface area contributed by atoms with Gasteiger partial charge in [0.25, 0.3) is 0 Å². The number of rotatable bonds is 2. The lowest BCUT2D eigenvalue weighted by Gasteiger charge is -2.31. The topological polar surface area (TPSA) is 45.2 Å². The summed E-state index contributed by atoms with van der Waals surface area (Å²) in [6, 6.07) is 4.28. The van der Waals surface area contributed by atoms with Crippen LogP contribution in [-0.4, -0.2) is 35.4 Å². The third kappa shape index (κ3) is 3.13.